The van der Waals surface area contributed by atoms with Crippen LogP contribution in [0, 0.1) is 0 Å². The fourth-order valence-electron chi connectivity index (χ4n) is 1.85. The molecule has 2 N–H and O–H groups in total. The van der Waals surface area contributed by atoms with Crippen molar-refractivity contribution in [1.29, 1.82) is 0 Å². The van der Waals surface area contributed by atoms with Gasteiger partial charge in [0.25, 0.3) is 5.91 Å². The summed E-state index contributed by atoms with van der Waals surface area (Å²) in [5, 5.41) is 4.53. The van der Waals surface area contributed by atoms with Crippen LogP contribution >= 0.6 is 15.9 Å². The van der Waals surface area contributed by atoms with Crippen LogP contribution in [0.4, 0.5) is 4.79 Å². The molecule has 0 saturated carbocycles. The molecule has 1 aliphatic heterocycles. The van der Waals surface area contributed by atoms with Gasteiger partial charge in [-0.1, -0.05) is 28.1 Å². The Balaban J connectivity index is 1.89. The molecule has 3 amide bonds. The highest BCUT2D eigenvalue weighted by atomic mass is 79.9. The molecule has 1 saturated heterocycles. The number of halogens is 1. The van der Waals surface area contributed by atoms with Gasteiger partial charge in [-0.05, 0) is 24.3 Å². The van der Waals surface area contributed by atoms with Crippen LogP contribution in [0.1, 0.15) is 5.76 Å². The number of furan rings is 1. The Hall–Kier alpha value is -2.34. The number of rotatable bonds is 2. The molecular formula is C14H9BrN2O3. The Morgan fingerprint density at radius 1 is 1.10 bits per heavy atom. The van der Waals surface area contributed by atoms with E-state index in [1.165, 1.54) is 6.08 Å². The summed E-state index contributed by atoms with van der Waals surface area (Å²) >= 11 is 3.40. The Labute approximate surface area is 122 Å². The highest BCUT2D eigenvalue weighted by Crippen LogP contribution is 2.25. The summed E-state index contributed by atoms with van der Waals surface area (Å²) < 4.78 is 6.59. The molecule has 20 heavy (non-hydrogen) atoms. The smallest absolute Gasteiger partial charge is 0.326 e. The summed E-state index contributed by atoms with van der Waals surface area (Å²) in [5.41, 5.74) is 1.09. The van der Waals surface area contributed by atoms with Gasteiger partial charge < -0.3 is 9.73 Å². The molecule has 3 rings (SSSR count). The SMILES string of the molecule is O=C1NC(=O)/C(=C\c2ccc(-c3cccc(Br)c3)o2)N1. The predicted molar refractivity (Wildman–Crippen MR) is 76.5 cm³/mol. The van der Waals surface area contributed by atoms with E-state index in [4.69, 9.17) is 4.42 Å². The number of hydrogen-bond acceptors (Lipinski definition) is 3. The minimum absolute atomic E-state index is 0.171. The molecule has 2 heterocycles. The monoisotopic (exact) mass is 332 g/mol. The minimum atomic E-state index is -0.528. The number of carbonyl (C=O) groups excluding carboxylic acids is 2. The first-order chi connectivity index (χ1) is 9.61. The van der Waals surface area contributed by atoms with E-state index in [-0.39, 0.29) is 5.70 Å². The van der Waals surface area contributed by atoms with Crippen LogP contribution in [0.3, 0.4) is 0 Å². The van der Waals surface area contributed by atoms with Crippen molar-refractivity contribution in [1.82, 2.24) is 10.6 Å². The lowest BCUT2D eigenvalue weighted by Crippen LogP contribution is -2.22. The first-order valence-corrected chi connectivity index (χ1v) is 6.61. The van der Waals surface area contributed by atoms with Crippen molar-refractivity contribution in [3.63, 3.8) is 0 Å². The molecule has 0 radical (unpaired) electrons. The number of amides is 3. The van der Waals surface area contributed by atoms with E-state index in [9.17, 15) is 9.59 Å². The molecular weight excluding hydrogens is 324 g/mol. The number of hydrogen-bond donors (Lipinski definition) is 2. The van der Waals surface area contributed by atoms with Crippen LogP contribution in [0.2, 0.25) is 0 Å². The summed E-state index contributed by atoms with van der Waals surface area (Å²) in [6.07, 6.45) is 1.49. The van der Waals surface area contributed by atoms with Crippen LogP contribution in [-0.2, 0) is 4.79 Å². The van der Waals surface area contributed by atoms with E-state index < -0.39 is 11.9 Å². The van der Waals surface area contributed by atoms with Crippen molar-refractivity contribution in [2.24, 2.45) is 0 Å². The van der Waals surface area contributed by atoms with Gasteiger partial charge in [0, 0.05) is 16.1 Å². The standard InChI is InChI=1S/C14H9BrN2O3/c15-9-3-1-2-8(6-9)12-5-4-10(20-12)7-11-13(18)17-14(19)16-11/h1-7H,(H2,16,17,18,19)/b11-7+. The highest BCUT2D eigenvalue weighted by Gasteiger charge is 2.23. The maximum Gasteiger partial charge on any atom is 0.326 e. The van der Waals surface area contributed by atoms with E-state index >= 15 is 0 Å². The number of benzene rings is 1. The van der Waals surface area contributed by atoms with Gasteiger partial charge in [-0.2, -0.15) is 0 Å². The van der Waals surface area contributed by atoms with E-state index in [1.807, 2.05) is 30.3 Å². The average Bonchev–Trinajstić information content (AvgIpc) is 2.97. The molecule has 1 aromatic heterocycles. The third-order valence-electron chi connectivity index (χ3n) is 2.74. The molecule has 100 valence electrons. The van der Waals surface area contributed by atoms with Gasteiger partial charge in [0.2, 0.25) is 0 Å². The van der Waals surface area contributed by atoms with Gasteiger partial charge in [-0.25, -0.2) is 4.79 Å². The topological polar surface area (TPSA) is 71.3 Å². The quantitative estimate of drug-likeness (QED) is 0.656. The zero-order chi connectivity index (χ0) is 14.1. The number of nitrogens with one attached hydrogen (secondary N) is 2. The number of carbonyl (C=O) groups is 2. The number of urea groups is 1. The van der Waals surface area contributed by atoms with Crippen molar-refractivity contribution >= 4 is 33.9 Å². The lowest BCUT2D eigenvalue weighted by atomic mass is 10.2. The zero-order valence-corrected chi connectivity index (χ0v) is 11.7. The second kappa shape index (κ2) is 4.97. The molecule has 1 fully saturated rings. The van der Waals surface area contributed by atoms with Gasteiger partial charge >= 0.3 is 6.03 Å². The van der Waals surface area contributed by atoms with Crippen LogP contribution < -0.4 is 10.6 Å². The molecule has 0 aliphatic carbocycles. The second-order valence-electron chi connectivity index (χ2n) is 4.18. The second-order valence-corrected chi connectivity index (χ2v) is 5.09. The van der Waals surface area contributed by atoms with E-state index in [0.717, 1.165) is 10.0 Å². The summed E-state index contributed by atoms with van der Waals surface area (Å²) in [5.74, 6) is 0.714. The van der Waals surface area contributed by atoms with Crippen molar-refractivity contribution in [2.45, 2.75) is 0 Å². The molecule has 0 bridgehead atoms. The van der Waals surface area contributed by atoms with Crippen LogP contribution in [0.15, 0.2) is 51.0 Å². The Kier molecular flexibility index (Phi) is 3.15. The molecule has 0 atom stereocenters. The Morgan fingerprint density at radius 3 is 2.65 bits per heavy atom. The average molecular weight is 333 g/mol. The maximum atomic E-state index is 11.4. The lowest BCUT2D eigenvalue weighted by Gasteiger charge is -1.97. The van der Waals surface area contributed by atoms with Gasteiger partial charge in [-0.15, -0.1) is 0 Å². The molecule has 1 aliphatic rings. The van der Waals surface area contributed by atoms with Crippen molar-refractivity contribution in [3.05, 3.63) is 52.3 Å². The van der Waals surface area contributed by atoms with E-state index in [1.54, 1.807) is 6.07 Å². The molecule has 0 unspecified atom stereocenters. The third-order valence-corrected chi connectivity index (χ3v) is 3.24. The van der Waals surface area contributed by atoms with Gasteiger partial charge in [0.15, 0.2) is 0 Å². The lowest BCUT2D eigenvalue weighted by molar-refractivity contribution is -0.115. The summed E-state index contributed by atoms with van der Waals surface area (Å²) in [7, 11) is 0. The van der Waals surface area contributed by atoms with Gasteiger partial charge in [0.1, 0.15) is 17.2 Å². The fraction of sp³-hybridized carbons (Fsp3) is 0. The first-order valence-electron chi connectivity index (χ1n) is 5.81. The van der Waals surface area contributed by atoms with Crippen LogP contribution in [0.5, 0.6) is 0 Å². The van der Waals surface area contributed by atoms with E-state index in [2.05, 4.69) is 26.6 Å². The van der Waals surface area contributed by atoms with Crippen molar-refractivity contribution in [3.8, 4) is 11.3 Å². The van der Waals surface area contributed by atoms with E-state index in [0.29, 0.717) is 11.5 Å². The zero-order valence-electron chi connectivity index (χ0n) is 10.1. The van der Waals surface area contributed by atoms with Crippen LogP contribution in [0.25, 0.3) is 17.4 Å². The van der Waals surface area contributed by atoms with Gasteiger partial charge in [0.05, 0.1) is 0 Å². The van der Waals surface area contributed by atoms with Gasteiger partial charge in [-0.3, -0.25) is 10.1 Å². The number of imide groups is 1. The summed E-state index contributed by atoms with van der Waals surface area (Å²) in [4.78, 5) is 22.4. The molecule has 2 aromatic rings. The Bertz CT molecular complexity index is 734. The summed E-state index contributed by atoms with van der Waals surface area (Å²) in [6, 6.07) is 10.7. The largest absolute Gasteiger partial charge is 0.457 e. The normalized spacial score (nSPS) is 16.4. The molecule has 6 heteroatoms. The summed E-state index contributed by atoms with van der Waals surface area (Å²) in [6.45, 7) is 0. The predicted octanol–water partition coefficient (Wildman–Crippen LogP) is 2.89. The first kappa shape index (κ1) is 12.7. The molecule has 1 aromatic carbocycles. The third kappa shape index (κ3) is 2.50. The maximum absolute atomic E-state index is 11.4. The Morgan fingerprint density at radius 2 is 1.95 bits per heavy atom. The van der Waals surface area contributed by atoms with Crippen LogP contribution in [-0.4, -0.2) is 11.9 Å². The van der Waals surface area contributed by atoms with Crippen molar-refractivity contribution in [2.75, 3.05) is 0 Å². The highest BCUT2D eigenvalue weighted by molar-refractivity contribution is 9.10. The molecule has 5 nitrogen and oxygen atoms in total. The minimum Gasteiger partial charge on any atom is -0.457 e. The fourth-order valence-corrected chi connectivity index (χ4v) is 2.25. The van der Waals surface area contributed by atoms with Crippen molar-refractivity contribution < 1.29 is 14.0 Å². The molecule has 0 spiro atoms.